The van der Waals surface area contributed by atoms with E-state index in [0.717, 1.165) is 23.9 Å². The molecule has 0 aliphatic carbocycles. The van der Waals surface area contributed by atoms with Crippen LogP contribution in [0.1, 0.15) is 16.7 Å². The van der Waals surface area contributed by atoms with Crippen LogP contribution in [0.4, 0.5) is 13.2 Å². The molecule has 2 nitrogen and oxygen atoms in total. The number of rotatable bonds is 2. The van der Waals surface area contributed by atoms with E-state index < -0.39 is 11.7 Å². The average molecular weight is 267 g/mol. The Morgan fingerprint density at radius 3 is 2.58 bits per heavy atom. The highest BCUT2D eigenvalue weighted by Crippen LogP contribution is 2.33. The highest BCUT2D eigenvalue weighted by molar-refractivity contribution is 5.68. The van der Waals surface area contributed by atoms with Crippen molar-refractivity contribution in [2.24, 2.45) is 0 Å². The summed E-state index contributed by atoms with van der Waals surface area (Å²) in [5.74, 6) is 0. The van der Waals surface area contributed by atoms with E-state index >= 15 is 0 Å². The number of hydrogen-bond acceptors (Lipinski definition) is 2. The number of nitrogens with zero attached hydrogens (tertiary/aromatic N) is 1. The zero-order valence-corrected chi connectivity index (χ0v) is 10.2. The zero-order valence-electron chi connectivity index (χ0n) is 10.2. The predicted octanol–water partition coefficient (Wildman–Crippen LogP) is 3.57. The second-order valence-corrected chi connectivity index (χ2v) is 4.19. The van der Waals surface area contributed by atoms with Gasteiger partial charge in [0.2, 0.25) is 0 Å². The van der Waals surface area contributed by atoms with Crippen LogP contribution in [-0.4, -0.2) is 10.1 Å². The van der Waals surface area contributed by atoms with Gasteiger partial charge in [0.05, 0.1) is 17.9 Å². The van der Waals surface area contributed by atoms with Crippen LogP contribution in [0.5, 0.6) is 0 Å². The lowest BCUT2D eigenvalue weighted by atomic mass is 9.98. The first-order chi connectivity index (χ1) is 8.93. The first kappa shape index (κ1) is 13.5. The smallest absolute Gasteiger partial charge is 0.392 e. The molecular weight excluding hydrogens is 255 g/mol. The third kappa shape index (κ3) is 2.76. The summed E-state index contributed by atoms with van der Waals surface area (Å²) in [6.45, 7) is 1.53. The Balaban J connectivity index is 2.60. The average Bonchev–Trinajstić information content (AvgIpc) is 2.37. The largest absolute Gasteiger partial charge is 0.416 e. The van der Waals surface area contributed by atoms with Gasteiger partial charge in [0, 0.05) is 11.8 Å². The summed E-state index contributed by atoms with van der Waals surface area (Å²) in [5, 5.41) is 9.28. The lowest BCUT2D eigenvalue weighted by Gasteiger charge is -2.12. The summed E-state index contributed by atoms with van der Waals surface area (Å²) in [6, 6.07) is 7.13. The van der Waals surface area contributed by atoms with Crippen LogP contribution in [0.2, 0.25) is 0 Å². The first-order valence-electron chi connectivity index (χ1n) is 5.66. The molecule has 0 saturated carbocycles. The molecule has 0 fully saturated rings. The number of aliphatic hydroxyl groups excluding tert-OH is 1. The lowest BCUT2D eigenvalue weighted by molar-refractivity contribution is -0.137. The number of benzene rings is 1. The molecule has 1 heterocycles. The van der Waals surface area contributed by atoms with Crippen LogP contribution in [0.3, 0.4) is 0 Å². The third-order valence-electron chi connectivity index (χ3n) is 2.87. The molecule has 0 unspecified atom stereocenters. The van der Waals surface area contributed by atoms with E-state index in [2.05, 4.69) is 4.98 Å². The number of aryl methyl sites for hydroxylation is 1. The van der Waals surface area contributed by atoms with E-state index in [1.807, 2.05) is 0 Å². The molecule has 100 valence electrons. The van der Waals surface area contributed by atoms with Crippen molar-refractivity contribution in [3.05, 3.63) is 53.2 Å². The molecule has 0 spiro atoms. The molecule has 0 saturated heterocycles. The van der Waals surface area contributed by atoms with Crippen molar-refractivity contribution in [2.75, 3.05) is 0 Å². The van der Waals surface area contributed by atoms with E-state index in [0.29, 0.717) is 11.1 Å². The van der Waals surface area contributed by atoms with Gasteiger partial charge in [-0.15, -0.1) is 0 Å². The van der Waals surface area contributed by atoms with Crippen LogP contribution >= 0.6 is 0 Å². The predicted molar refractivity (Wildman–Crippen MR) is 65.3 cm³/mol. The Morgan fingerprint density at radius 1 is 1.21 bits per heavy atom. The van der Waals surface area contributed by atoms with Crippen LogP contribution in [0.15, 0.2) is 36.5 Å². The first-order valence-corrected chi connectivity index (χ1v) is 5.66. The Hall–Kier alpha value is -1.88. The minimum Gasteiger partial charge on any atom is -0.392 e. The van der Waals surface area contributed by atoms with Crippen LogP contribution in [-0.2, 0) is 12.8 Å². The van der Waals surface area contributed by atoms with Gasteiger partial charge in [0.15, 0.2) is 0 Å². The summed E-state index contributed by atoms with van der Waals surface area (Å²) < 4.78 is 38.1. The van der Waals surface area contributed by atoms with Crippen molar-refractivity contribution in [3.63, 3.8) is 0 Å². The van der Waals surface area contributed by atoms with Crippen molar-refractivity contribution in [2.45, 2.75) is 19.7 Å². The second kappa shape index (κ2) is 5.01. The molecule has 1 N–H and O–H groups in total. The van der Waals surface area contributed by atoms with Crippen molar-refractivity contribution in [1.29, 1.82) is 0 Å². The molecule has 2 aromatic rings. The molecule has 1 aromatic heterocycles. The zero-order chi connectivity index (χ0) is 14.0. The van der Waals surface area contributed by atoms with Crippen LogP contribution in [0.25, 0.3) is 11.3 Å². The summed E-state index contributed by atoms with van der Waals surface area (Å²) >= 11 is 0. The lowest BCUT2D eigenvalue weighted by Crippen LogP contribution is -2.06. The Labute approximate surface area is 108 Å². The highest BCUT2D eigenvalue weighted by Gasteiger charge is 2.31. The van der Waals surface area contributed by atoms with E-state index in [9.17, 15) is 18.3 Å². The molecule has 0 aliphatic rings. The van der Waals surface area contributed by atoms with Gasteiger partial charge in [0.1, 0.15) is 0 Å². The number of hydrogen-bond donors (Lipinski definition) is 1. The summed E-state index contributed by atoms with van der Waals surface area (Å²) in [5.41, 5.74) is 1.36. The van der Waals surface area contributed by atoms with Crippen LogP contribution in [0, 0.1) is 6.92 Å². The molecule has 0 amide bonds. The maximum absolute atomic E-state index is 12.7. The maximum atomic E-state index is 12.7. The van der Waals surface area contributed by atoms with Gasteiger partial charge in [-0.2, -0.15) is 13.2 Å². The van der Waals surface area contributed by atoms with E-state index in [-0.39, 0.29) is 12.3 Å². The van der Waals surface area contributed by atoms with E-state index in [1.165, 1.54) is 0 Å². The van der Waals surface area contributed by atoms with Gasteiger partial charge < -0.3 is 5.11 Å². The summed E-state index contributed by atoms with van der Waals surface area (Å²) in [6.07, 6.45) is -3.27. The Kier molecular flexibility index (Phi) is 3.57. The van der Waals surface area contributed by atoms with Gasteiger partial charge in [-0.05, 0) is 30.2 Å². The van der Waals surface area contributed by atoms with E-state index in [4.69, 9.17) is 0 Å². The molecule has 5 heteroatoms. The minimum absolute atomic E-state index is 0.219. The maximum Gasteiger partial charge on any atom is 0.416 e. The van der Waals surface area contributed by atoms with Gasteiger partial charge in [-0.1, -0.05) is 18.2 Å². The van der Waals surface area contributed by atoms with E-state index in [1.54, 1.807) is 25.1 Å². The monoisotopic (exact) mass is 267 g/mol. The summed E-state index contributed by atoms with van der Waals surface area (Å²) in [4.78, 5) is 3.98. The molecule has 1 aromatic carbocycles. The van der Waals surface area contributed by atoms with Crippen molar-refractivity contribution in [3.8, 4) is 11.3 Å². The van der Waals surface area contributed by atoms with Gasteiger partial charge >= 0.3 is 6.18 Å². The highest BCUT2D eigenvalue weighted by atomic mass is 19.4. The van der Waals surface area contributed by atoms with Gasteiger partial charge in [-0.3, -0.25) is 4.98 Å². The molecule has 0 atom stereocenters. The fraction of sp³-hybridized carbons (Fsp3) is 0.214. The molecular formula is C14H12F3NO. The summed E-state index contributed by atoms with van der Waals surface area (Å²) in [7, 11) is 0. The molecule has 19 heavy (non-hydrogen) atoms. The topological polar surface area (TPSA) is 33.1 Å². The van der Waals surface area contributed by atoms with Crippen molar-refractivity contribution >= 4 is 0 Å². The standard InChI is InChI=1S/C14H12F3NO/c1-9-3-2-4-10(8-19)13(9)12-7-11(5-6-18-12)14(15,16)17/h2-7,19H,8H2,1H3. The Bertz CT molecular complexity index is 593. The SMILES string of the molecule is Cc1cccc(CO)c1-c1cc(C(F)(F)F)ccn1. The molecule has 2 rings (SSSR count). The molecule has 0 bridgehead atoms. The minimum atomic E-state index is -4.40. The normalized spacial score (nSPS) is 11.6. The quantitative estimate of drug-likeness (QED) is 0.902. The molecule has 0 aliphatic heterocycles. The number of aromatic nitrogens is 1. The second-order valence-electron chi connectivity index (χ2n) is 4.19. The third-order valence-corrected chi connectivity index (χ3v) is 2.87. The number of aliphatic hydroxyl groups is 1. The number of halogens is 3. The number of pyridine rings is 1. The van der Waals surface area contributed by atoms with Crippen molar-refractivity contribution < 1.29 is 18.3 Å². The number of alkyl halides is 3. The van der Waals surface area contributed by atoms with Gasteiger partial charge in [-0.25, -0.2) is 0 Å². The fourth-order valence-electron chi connectivity index (χ4n) is 1.97. The van der Waals surface area contributed by atoms with Gasteiger partial charge in [0.25, 0.3) is 0 Å². The Morgan fingerprint density at radius 2 is 1.95 bits per heavy atom. The fourth-order valence-corrected chi connectivity index (χ4v) is 1.97. The van der Waals surface area contributed by atoms with Crippen molar-refractivity contribution in [1.82, 2.24) is 4.98 Å². The van der Waals surface area contributed by atoms with Crippen LogP contribution < -0.4 is 0 Å². The molecule has 0 radical (unpaired) electrons.